The highest BCUT2D eigenvalue weighted by atomic mass is 15.0. The third kappa shape index (κ3) is 12.7. The molecular formula is C132H83N3. The highest BCUT2D eigenvalue weighted by Gasteiger charge is 2.25. The number of hydrogen-bond donors (Lipinski definition) is 0. The Hall–Kier alpha value is -17.8. The van der Waals surface area contributed by atoms with Gasteiger partial charge in [-0.05, 0) is 289 Å². The van der Waals surface area contributed by atoms with E-state index in [4.69, 9.17) is 0 Å². The van der Waals surface area contributed by atoms with Crippen LogP contribution in [-0.2, 0) is 0 Å². The molecule has 3 aromatic heterocycles. The van der Waals surface area contributed by atoms with Crippen LogP contribution in [0, 0.1) is 0 Å². The molecule has 0 aliphatic heterocycles. The number of rotatable bonds is 11. The smallest absolute Gasteiger partial charge is 0.0541 e. The first-order valence-electron chi connectivity index (χ1n) is 46.7. The quantitative estimate of drug-likeness (QED) is 0.115. The third-order valence-electron chi connectivity index (χ3n) is 28.6. The van der Waals surface area contributed by atoms with Gasteiger partial charge in [-0.1, -0.05) is 400 Å². The van der Waals surface area contributed by atoms with Crippen molar-refractivity contribution in [2.24, 2.45) is 0 Å². The van der Waals surface area contributed by atoms with E-state index in [1.54, 1.807) is 0 Å². The molecule has 0 atom stereocenters. The number of para-hydroxylation sites is 6. The molecule has 29 rings (SSSR count). The van der Waals surface area contributed by atoms with Crippen LogP contribution in [0.3, 0.4) is 0 Å². The molecule has 29 aromatic rings. The first kappa shape index (κ1) is 77.2. The van der Waals surface area contributed by atoms with Gasteiger partial charge in [-0.25, -0.2) is 0 Å². The van der Waals surface area contributed by atoms with Gasteiger partial charge >= 0.3 is 0 Å². The van der Waals surface area contributed by atoms with Gasteiger partial charge in [0.15, 0.2) is 0 Å². The molecule has 3 heterocycles. The molecule has 0 saturated carbocycles. The lowest BCUT2D eigenvalue weighted by atomic mass is 9.82. The van der Waals surface area contributed by atoms with Crippen molar-refractivity contribution in [1.82, 2.24) is 13.7 Å². The van der Waals surface area contributed by atoms with Gasteiger partial charge in [0.1, 0.15) is 0 Å². The first-order chi connectivity index (χ1) is 67.0. The average molecular weight is 1710 g/mol. The van der Waals surface area contributed by atoms with Crippen molar-refractivity contribution < 1.29 is 0 Å². The maximum atomic E-state index is 2.39. The van der Waals surface area contributed by atoms with Gasteiger partial charge in [-0.15, -0.1) is 0 Å². The van der Waals surface area contributed by atoms with Crippen LogP contribution in [0.5, 0.6) is 0 Å². The summed E-state index contributed by atoms with van der Waals surface area (Å²) in [5.41, 5.74) is 30.4. The number of nitrogens with zero attached hydrogens (tertiary/aromatic N) is 3. The van der Waals surface area contributed by atoms with E-state index in [1.165, 1.54) is 251 Å². The minimum absolute atomic E-state index is 1.15. The Morgan fingerprint density at radius 2 is 0.311 bits per heavy atom. The van der Waals surface area contributed by atoms with E-state index >= 15 is 0 Å². The van der Waals surface area contributed by atoms with Crippen molar-refractivity contribution in [1.29, 1.82) is 0 Å². The van der Waals surface area contributed by atoms with Crippen molar-refractivity contribution in [3.05, 3.63) is 504 Å². The fourth-order valence-electron chi connectivity index (χ4n) is 22.5. The highest BCUT2D eigenvalue weighted by Crippen LogP contribution is 2.51. The molecule has 0 amide bonds. The summed E-state index contributed by atoms with van der Waals surface area (Å²) in [6, 6.07) is 185. The number of hydrogen-bond acceptors (Lipinski definition) is 0. The summed E-state index contributed by atoms with van der Waals surface area (Å²) < 4.78 is 7.15. The molecule has 0 saturated heterocycles. The molecule has 0 bridgehead atoms. The number of aromatic nitrogens is 3. The predicted molar refractivity (Wildman–Crippen MR) is 577 cm³/mol. The third-order valence-corrected chi connectivity index (χ3v) is 28.6. The molecule has 26 aromatic carbocycles. The van der Waals surface area contributed by atoms with E-state index in [2.05, 4.69) is 517 Å². The zero-order chi connectivity index (χ0) is 88.7. The molecule has 0 aliphatic rings. The minimum atomic E-state index is 1.15. The topological polar surface area (TPSA) is 14.8 Å². The number of fused-ring (bicyclic) bond motifs is 9. The summed E-state index contributed by atoms with van der Waals surface area (Å²) in [5, 5.41) is 31.5. The van der Waals surface area contributed by atoms with Crippen molar-refractivity contribution >= 4 is 162 Å². The Morgan fingerprint density at radius 1 is 0.104 bits per heavy atom. The Balaban J connectivity index is 0.000000110. The lowest BCUT2D eigenvalue weighted by Gasteiger charge is -2.21. The second-order valence-electron chi connectivity index (χ2n) is 36.0. The average Bonchev–Trinajstić information content (AvgIpc) is 1.53. The largest absolute Gasteiger partial charge is 0.309 e. The highest BCUT2D eigenvalue weighted by molar-refractivity contribution is 6.33. The van der Waals surface area contributed by atoms with Crippen molar-refractivity contribution in [3.63, 3.8) is 0 Å². The molecule has 0 unspecified atom stereocenters. The van der Waals surface area contributed by atoms with Gasteiger partial charge in [-0.3, -0.25) is 0 Å². The fourth-order valence-corrected chi connectivity index (χ4v) is 22.5. The van der Waals surface area contributed by atoms with Crippen molar-refractivity contribution in [2.75, 3.05) is 0 Å². The fraction of sp³-hybridized carbons (Fsp3) is 0. The Bertz CT molecular complexity index is 8620. The summed E-state index contributed by atoms with van der Waals surface area (Å²) in [7, 11) is 0. The summed E-state index contributed by atoms with van der Waals surface area (Å²) >= 11 is 0. The van der Waals surface area contributed by atoms with E-state index in [0.717, 1.165) is 17.1 Å². The summed E-state index contributed by atoms with van der Waals surface area (Å²) in [6.45, 7) is 0. The number of benzene rings is 26. The summed E-state index contributed by atoms with van der Waals surface area (Å²) in [4.78, 5) is 0. The molecule has 0 spiro atoms. The van der Waals surface area contributed by atoms with Crippen LogP contribution in [0.15, 0.2) is 504 Å². The van der Waals surface area contributed by atoms with Gasteiger partial charge in [0.25, 0.3) is 0 Å². The molecular weight excluding hydrogens is 1630 g/mol. The van der Waals surface area contributed by atoms with E-state index in [9.17, 15) is 0 Å². The lowest BCUT2D eigenvalue weighted by Crippen LogP contribution is -1.95. The van der Waals surface area contributed by atoms with E-state index in [-0.39, 0.29) is 0 Å². The van der Waals surface area contributed by atoms with Crippen LogP contribution in [0.4, 0.5) is 0 Å². The second kappa shape index (κ2) is 31.5. The van der Waals surface area contributed by atoms with Crippen molar-refractivity contribution in [2.45, 2.75) is 0 Å². The van der Waals surface area contributed by atoms with Crippen LogP contribution < -0.4 is 0 Å². The van der Waals surface area contributed by atoms with Gasteiger partial charge < -0.3 is 13.7 Å². The summed E-state index contributed by atoms with van der Waals surface area (Å²) in [5.74, 6) is 0. The van der Waals surface area contributed by atoms with Crippen LogP contribution >= 0.6 is 0 Å². The summed E-state index contributed by atoms with van der Waals surface area (Å²) in [6.07, 6.45) is 0. The first-order valence-corrected chi connectivity index (χ1v) is 46.7. The minimum Gasteiger partial charge on any atom is -0.309 e. The van der Waals surface area contributed by atoms with Gasteiger partial charge in [0.2, 0.25) is 0 Å². The van der Waals surface area contributed by atoms with Crippen LogP contribution in [-0.4, -0.2) is 13.7 Å². The van der Waals surface area contributed by atoms with Crippen LogP contribution in [0.1, 0.15) is 0 Å². The maximum absolute atomic E-state index is 2.39. The normalized spacial score (nSPS) is 11.9. The van der Waals surface area contributed by atoms with Crippen molar-refractivity contribution in [3.8, 4) is 106 Å². The van der Waals surface area contributed by atoms with Crippen LogP contribution in [0.2, 0.25) is 0 Å². The Morgan fingerprint density at radius 3 is 0.570 bits per heavy atom. The monoisotopic (exact) mass is 1710 g/mol. The molecule has 0 radical (unpaired) electrons. The van der Waals surface area contributed by atoms with Gasteiger partial charge in [0.05, 0.1) is 33.1 Å². The van der Waals surface area contributed by atoms with Crippen LogP contribution in [0.25, 0.3) is 268 Å². The SMILES string of the molecule is c1cc2ccc3ccc(-c4ccc5ccc6cccc7ccc4c5c67)c4ccc(c1)c2c34.c1ccc(-c2cc(-c3ccccc3)c3ccc4c(-c5ccccc5)cc(-c5ccccc5)c5ccc2c3c54)cc1.c1ccc2c(c1)c1ccccc1n2-c1ccc(-c2cc(-c3ccc(-n4c5ccccc5c5ccccc54)cc3)cc(-c3ccc(-n4c5ccccc5c5ccccc54)cc3)c2)cc1. The maximum Gasteiger partial charge on any atom is 0.0541 e. The molecule has 0 fully saturated rings. The molecule has 3 heteroatoms. The van der Waals surface area contributed by atoms with E-state index in [0.29, 0.717) is 0 Å². The Kier molecular flexibility index (Phi) is 18.0. The lowest BCUT2D eigenvalue weighted by molar-refractivity contribution is 1.18. The molecule has 0 aliphatic carbocycles. The predicted octanol–water partition coefficient (Wildman–Crippen LogP) is 36.4. The van der Waals surface area contributed by atoms with Gasteiger partial charge in [-0.2, -0.15) is 0 Å². The second-order valence-corrected chi connectivity index (χ2v) is 36.0. The standard InChI is InChI=1S/C60H39N3.C40H26.C32H18/c1-7-19-55-49(13-1)50-14-2-8-20-56(50)61(55)46-31-25-40(26-32-46)43-37-44(41-27-33-47(34-28-41)62-57-21-9-3-15-51(57)52-16-4-10-22-58(52)62)39-45(38-43)42-29-35-48(36-30-42)63-59-23-11-5-17-53(59)54-18-6-12-24-60(54)63;1-5-13-27(14-6-1)35-25-36(28-15-7-2-8-16-28)32-23-24-34-38(30-19-11-4-12-20-30)26-37(29-17-9-3-10-18-29)33-22-21-31(35)39(32)40(33)34;1-3-19-7-9-23-11-15-25(27-17-13-21(5-1)29(19)31(23)27)26-16-12-24-10-8-20-4-2-6-22-14-18-28(26)32(24)30(20)22/h1-39H;1-26H;1-18H. The zero-order valence-corrected chi connectivity index (χ0v) is 73.8. The van der Waals surface area contributed by atoms with E-state index < -0.39 is 0 Å². The molecule has 626 valence electrons. The van der Waals surface area contributed by atoms with E-state index in [1.807, 2.05) is 0 Å². The molecule has 0 N–H and O–H groups in total. The molecule has 135 heavy (non-hydrogen) atoms. The molecule has 3 nitrogen and oxygen atoms in total. The van der Waals surface area contributed by atoms with Gasteiger partial charge in [0, 0.05) is 49.4 Å². The Labute approximate surface area is 780 Å². The zero-order valence-electron chi connectivity index (χ0n) is 73.8.